The van der Waals surface area contributed by atoms with Gasteiger partial charge in [0.1, 0.15) is 5.82 Å². The minimum Gasteiger partial charge on any atom is -0.382 e. The highest BCUT2D eigenvalue weighted by atomic mass is 19.1. The summed E-state index contributed by atoms with van der Waals surface area (Å²) in [7, 11) is 0. The number of fused-ring (bicyclic) bond motifs is 2. The molecule has 2 saturated heterocycles. The number of rotatable bonds is 6. The molecule has 0 spiro atoms. The van der Waals surface area contributed by atoms with E-state index in [0.29, 0.717) is 23.7 Å². The van der Waals surface area contributed by atoms with Gasteiger partial charge in [0.25, 0.3) is 5.91 Å². The van der Waals surface area contributed by atoms with E-state index >= 15 is 4.39 Å². The predicted molar refractivity (Wildman–Crippen MR) is 174 cm³/mol. The molecule has 1 aliphatic carbocycles. The first-order valence-electron chi connectivity index (χ1n) is 16.1. The molecule has 3 fully saturated rings. The molecule has 0 unspecified atom stereocenters. The van der Waals surface area contributed by atoms with Crippen LogP contribution in [0.5, 0.6) is 0 Å². The topological polar surface area (TPSA) is 83.6 Å². The third-order valence-corrected chi connectivity index (χ3v) is 9.94. The summed E-state index contributed by atoms with van der Waals surface area (Å²) in [5.41, 5.74) is 4.10. The maximum atomic E-state index is 15.3. The minimum absolute atomic E-state index is 0.0580. The molecule has 3 aliphatic rings. The lowest BCUT2D eigenvalue weighted by Crippen LogP contribution is -2.54. The second kappa shape index (κ2) is 12.6. The largest absolute Gasteiger partial charge is 0.382 e. The Kier molecular flexibility index (Phi) is 8.23. The average Bonchev–Trinajstić information content (AvgIpc) is 3.53. The van der Waals surface area contributed by atoms with Gasteiger partial charge in [-0.3, -0.25) is 14.6 Å². The zero-order chi connectivity index (χ0) is 30.9. The Morgan fingerprint density at radius 1 is 0.933 bits per heavy atom. The normalized spacial score (nSPS) is 23.5. The zero-order valence-electron chi connectivity index (χ0n) is 25.5. The van der Waals surface area contributed by atoms with Crippen LogP contribution < -0.4 is 10.6 Å². The molecule has 45 heavy (non-hydrogen) atoms. The Bertz CT molecular complexity index is 1680. The number of anilines is 2. The summed E-state index contributed by atoms with van der Waals surface area (Å²) in [6, 6.07) is 22.2. The van der Waals surface area contributed by atoms with Crippen molar-refractivity contribution >= 4 is 34.1 Å². The molecule has 1 saturated carbocycles. The van der Waals surface area contributed by atoms with Gasteiger partial charge >= 0.3 is 0 Å². The highest BCUT2D eigenvalue weighted by Gasteiger charge is 2.50. The summed E-state index contributed by atoms with van der Waals surface area (Å²) < 4.78 is 20.8. The van der Waals surface area contributed by atoms with E-state index in [9.17, 15) is 9.59 Å². The predicted octanol–water partition coefficient (Wildman–Crippen LogP) is 7.28. The number of nitrogens with zero attached hydrogens (tertiary/aromatic N) is 2. The molecule has 4 atom stereocenters. The number of piperidine rings is 1. The van der Waals surface area contributed by atoms with Crippen LogP contribution in [-0.2, 0) is 9.53 Å². The Hall–Kier alpha value is -4.30. The van der Waals surface area contributed by atoms with Gasteiger partial charge in [0.05, 0.1) is 23.0 Å². The first-order valence-corrected chi connectivity index (χ1v) is 16.1. The Balaban J connectivity index is 1.26. The van der Waals surface area contributed by atoms with Crippen LogP contribution in [0, 0.1) is 24.6 Å². The van der Waals surface area contributed by atoms with Gasteiger partial charge in [-0.2, -0.15) is 0 Å². The SMILES string of the molecule is Cc1cccc(F)c1C(=O)N1[C@@H]2CCC[C@@H]2C[C@H](C(=O)Nc2ccc3ncccc3c2)[C@@H]1c1ccc(NC2CCOCC2)cc1. The second-order valence-electron chi connectivity index (χ2n) is 12.7. The van der Waals surface area contributed by atoms with Crippen LogP contribution >= 0.6 is 0 Å². The zero-order valence-corrected chi connectivity index (χ0v) is 25.5. The maximum Gasteiger partial charge on any atom is 0.257 e. The van der Waals surface area contributed by atoms with Crippen molar-refractivity contribution in [2.75, 3.05) is 23.8 Å². The number of amides is 2. The van der Waals surface area contributed by atoms with Gasteiger partial charge in [-0.15, -0.1) is 0 Å². The van der Waals surface area contributed by atoms with E-state index in [4.69, 9.17) is 4.74 Å². The fourth-order valence-electron chi connectivity index (χ4n) is 7.71. The number of aryl methyl sites for hydroxylation is 1. The Labute approximate surface area is 263 Å². The molecule has 3 aromatic carbocycles. The molecule has 4 aromatic rings. The monoisotopic (exact) mass is 606 g/mol. The molecule has 3 heterocycles. The van der Waals surface area contributed by atoms with Gasteiger partial charge < -0.3 is 20.3 Å². The van der Waals surface area contributed by atoms with Gasteiger partial charge in [0.15, 0.2) is 0 Å². The number of nitrogens with one attached hydrogen (secondary N) is 2. The van der Waals surface area contributed by atoms with E-state index in [-0.39, 0.29) is 29.3 Å². The number of carbonyl (C=O) groups excluding carboxylic acids is 2. The van der Waals surface area contributed by atoms with Crippen molar-refractivity contribution in [2.24, 2.45) is 11.8 Å². The van der Waals surface area contributed by atoms with Gasteiger partial charge in [0.2, 0.25) is 5.91 Å². The summed E-state index contributed by atoms with van der Waals surface area (Å²) >= 11 is 0. The average molecular weight is 607 g/mol. The molecule has 7 rings (SSSR count). The van der Waals surface area contributed by atoms with Gasteiger partial charge in [-0.1, -0.05) is 36.8 Å². The van der Waals surface area contributed by atoms with Crippen LogP contribution in [0.1, 0.15) is 66.1 Å². The van der Waals surface area contributed by atoms with E-state index in [1.54, 1.807) is 25.3 Å². The van der Waals surface area contributed by atoms with E-state index < -0.39 is 17.8 Å². The lowest BCUT2D eigenvalue weighted by atomic mass is 9.76. The number of aromatic nitrogens is 1. The minimum atomic E-state index is -0.546. The highest BCUT2D eigenvalue weighted by Crippen LogP contribution is 2.49. The molecular weight excluding hydrogens is 567 g/mol. The van der Waals surface area contributed by atoms with Crippen molar-refractivity contribution in [3.8, 4) is 0 Å². The van der Waals surface area contributed by atoms with Crippen molar-refractivity contribution in [3.05, 3.63) is 102 Å². The number of hydrogen-bond donors (Lipinski definition) is 2. The summed E-state index contributed by atoms with van der Waals surface area (Å²) in [6.45, 7) is 3.27. The molecule has 7 nitrogen and oxygen atoms in total. The van der Waals surface area contributed by atoms with Gasteiger partial charge in [-0.05, 0) is 98.5 Å². The lowest BCUT2D eigenvalue weighted by Gasteiger charge is -2.48. The van der Waals surface area contributed by atoms with E-state index in [0.717, 1.165) is 67.5 Å². The highest BCUT2D eigenvalue weighted by molar-refractivity contribution is 5.99. The van der Waals surface area contributed by atoms with Crippen LogP contribution in [0.2, 0.25) is 0 Å². The van der Waals surface area contributed by atoms with Crippen LogP contribution in [-0.4, -0.2) is 47.0 Å². The number of ether oxygens (including phenoxy) is 1. The lowest BCUT2D eigenvalue weighted by molar-refractivity contribution is -0.125. The summed E-state index contributed by atoms with van der Waals surface area (Å²) in [6.07, 6.45) is 7.07. The molecule has 1 aromatic heterocycles. The fourth-order valence-corrected chi connectivity index (χ4v) is 7.71. The molecule has 2 amide bonds. The molecule has 0 radical (unpaired) electrons. The molecule has 2 N–H and O–H groups in total. The van der Waals surface area contributed by atoms with Gasteiger partial charge in [0, 0.05) is 48.3 Å². The van der Waals surface area contributed by atoms with Crippen molar-refractivity contribution in [2.45, 2.75) is 63.6 Å². The number of hydrogen-bond acceptors (Lipinski definition) is 5. The standard InChI is InChI=1S/C37H39FN4O3/c1-23-5-2-8-31(38)34(23)37(44)42-33-9-3-6-26(33)22-30(36(43)41-29-14-15-32-25(21-29)7-4-18-39-32)35(42)24-10-12-27(13-11-24)40-28-16-19-45-20-17-28/h2,4-5,7-8,10-15,18,21,26,28,30,33,35,40H,3,6,9,16-17,19-20,22H2,1H3,(H,41,43)/t26-,30+,33-,35+/m1/s1. The fraction of sp³-hybridized carbons (Fsp3) is 0.378. The first kappa shape index (κ1) is 29.4. The van der Waals surface area contributed by atoms with Gasteiger partial charge in [-0.25, -0.2) is 4.39 Å². The Morgan fingerprint density at radius 3 is 2.53 bits per heavy atom. The summed E-state index contributed by atoms with van der Waals surface area (Å²) in [5.74, 6) is -1.35. The van der Waals surface area contributed by atoms with Crippen molar-refractivity contribution < 1.29 is 18.7 Å². The second-order valence-corrected chi connectivity index (χ2v) is 12.7. The number of pyridine rings is 1. The maximum absolute atomic E-state index is 15.3. The number of benzene rings is 3. The van der Waals surface area contributed by atoms with Crippen molar-refractivity contribution in [1.82, 2.24) is 9.88 Å². The quantitative estimate of drug-likeness (QED) is 0.241. The molecular formula is C37H39FN4O3. The Morgan fingerprint density at radius 2 is 1.73 bits per heavy atom. The van der Waals surface area contributed by atoms with Crippen LogP contribution in [0.25, 0.3) is 10.9 Å². The number of likely N-dealkylation sites (tertiary alicyclic amines) is 1. The van der Waals surface area contributed by atoms with E-state index in [2.05, 4.69) is 15.6 Å². The van der Waals surface area contributed by atoms with Crippen molar-refractivity contribution in [3.63, 3.8) is 0 Å². The number of carbonyl (C=O) groups is 2. The van der Waals surface area contributed by atoms with Crippen LogP contribution in [0.4, 0.5) is 15.8 Å². The van der Waals surface area contributed by atoms with Crippen LogP contribution in [0.3, 0.4) is 0 Å². The summed E-state index contributed by atoms with van der Waals surface area (Å²) in [5, 5.41) is 7.71. The van der Waals surface area contributed by atoms with E-state index in [1.165, 1.54) is 6.07 Å². The number of halogens is 1. The molecule has 8 heteroatoms. The molecule has 0 bridgehead atoms. The molecule has 2 aliphatic heterocycles. The summed E-state index contributed by atoms with van der Waals surface area (Å²) in [4.78, 5) is 35.0. The third kappa shape index (κ3) is 5.91. The molecule has 232 valence electrons. The van der Waals surface area contributed by atoms with Crippen LogP contribution in [0.15, 0.2) is 79.0 Å². The van der Waals surface area contributed by atoms with E-state index in [1.807, 2.05) is 59.5 Å². The first-order chi connectivity index (χ1) is 22.0. The third-order valence-electron chi connectivity index (χ3n) is 9.94. The smallest absolute Gasteiger partial charge is 0.257 e. The van der Waals surface area contributed by atoms with Crippen molar-refractivity contribution in [1.29, 1.82) is 0 Å².